The molecule has 0 bridgehead atoms. The molecule has 2 unspecified atom stereocenters. The van der Waals surface area contributed by atoms with Crippen LogP contribution < -0.4 is 4.90 Å². The minimum atomic E-state index is -0.378. The first-order valence-corrected chi connectivity index (χ1v) is 9.15. The third kappa shape index (κ3) is 3.06. The zero-order chi connectivity index (χ0) is 19.8. The summed E-state index contributed by atoms with van der Waals surface area (Å²) >= 11 is 0. The first-order valence-electron chi connectivity index (χ1n) is 9.15. The predicted molar refractivity (Wildman–Crippen MR) is 104 cm³/mol. The molecule has 8 heteroatoms. The van der Waals surface area contributed by atoms with E-state index >= 15 is 0 Å². The maximum Gasteiger partial charge on any atom is 0.293 e. The van der Waals surface area contributed by atoms with Crippen molar-refractivity contribution in [3.63, 3.8) is 0 Å². The number of para-hydroxylation sites is 1. The molecule has 0 aliphatic carbocycles. The van der Waals surface area contributed by atoms with Gasteiger partial charge in [0.15, 0.2) is 0 Å². The summed E-state index contributed by atoms with van der Waals surface area (Å²) in [5, 5.41) is 25.6. The number of phenols is 1. The second-order valence-corrected chi connectivity index (χ2v) is 7.08. The molecule has 0 saturated carbocycles. The van der Waals surface area contributed by atoms with Crippen molar-refractivity contribution in [2.24, 2.45) is 0 Å². The average molecular weight is 380 g/mol. The highest BCUT2D eigenvalue weighted by atomic mass is 16.6. The summed E-state index contributed by atoms with van der Waals surface area (Å²) < 4.78 is 5.29. The van der Waals surface area contributed by atoms with Gasteiger partial charge in [-0.3, -0.25) is 10.1 Å². The number of aromatic hydroxyl groups is 1. The Bertz CT molecular complexity index is 1020. The number of hydrogen-bond acceptors (Lipinski definition) is 7. The summed E-state index contributed by atoms with van der Waals surface area (Å²) in [7, 11) is 0. The van der Waals surface area contributed by atoms with Crippen molar-refractivity contribution in [3.8, 4) is 28.6 Å². The lowest BCUT2D eigenvalue weighted by atomic mass is 10.1. The van der Waals surface area contributed by atoms with Gasteiger partial charge in [0.05, 0.1) is 10.5 Å². The van der Waals surface area contributed by atoms with Gasteiger partial charge in [-0.25, -0.2) is 0 Å². The van der Waals surface area contributed by atoms with Crippen LogP contribution in [0.3, 0.4) is 0 Å². The Balaban J connectivity index is 1.73. The molecule has 0 radical (unpaired) electrons. The monoisotopic (exact) mass is 380 g/mol. The fourth-order valence-corrected chi connectivity index (χ4v) is 3.80. The highest BCUT2D eigenvalue weighted by Gasteiger charge is 2.32. The molecule has 1 N–H and O–H groups in total. The van der Waals surface area contributed by atoms with E-state index in [-0.39, 0.29) is 40.2 Å². The lowest BCUT2D eigenvalue weighted by Crippen LogP contribution is -2.33. The molecular weight excluding hydrogens is 360 g/mol. The molecule has 1 fully saturated rings. The maximum atomic E-state index is 11.7. The molecule has 144 valence electrons. The van der Waals surface area contributed by atoms with Crippen LogP contribution in [0.2, 0.25) is 0 Å². The number of hydrogen-bond donors (Lipinski definition) is 1. The second kappa shape index (κ2) is 6.95. The number of phenolic OH excluding ortho intramolecular Hbond substituents is 1. The lowest BCUT2D eigenvalue weighted by molar-refractivity contribution is -0.384. The lowest BCUT2D eigenvalue weighted by Gasteiger charge is -2.28. The molecule has 1 aromatic heterocycles. The molecule has 0 amide bonds. The van der Waals surface area contributed by atoms with E-state index in [0.717, 1.165) is 12.8 Å². The fraction of sp³-hybridized carbons (Fsp3) is 0.300. The molecule has 4 rings (SSSR count). The number of nitro groups is 1. The van der Waals surface area contributed by atoms with Crippen LogP contribution in [0, 0.1) is 10.1 Å². The minimum Gasteiger partial charge on any atom is -0.507 e. The van der Waals surface area contributed by atoms with Crippen molar-refractivity contribution < 1.29 is 14.6 Å². The molecule has 1 aliphatic heterocycles. The van der Waals surface area contributed by atoms with Crippen LogP contribution in [0.25, 0.3) is 22.8 Å². The van der Waals surface area contributed by atoms with Crippen molar-refractivity contribution in [3.05, 3.63) is 52.6 Å². The van der Waals surface area contributed by atoms with E-state index < -0.39 is 0 Å². The SMILES string of the molecule is CC1CCC(C)N1c1ccc(-c2nc(-c3ccccc3O)no2)cc1[N+](=O)[O-]. The van der Waals surface area contributed by atoms with Gasteiger partial charge < -0.3 is 14.5 Å². The highest BCUT2D eigenvalue weighted by molar-refractivity contribution is 5.73. The summed E-state index contributed by atoms with van der Waals surface area (Å²) in [6, 6.07) is 12.1. The first kappa shape index (κ1) is 18.0. The average Bonchev–Trinajstić information content (AvgIpc) is 3.29. The highest BCUT2D eigenvalue weighted by Crippen LogP contribution is 2.39. The number of rotatable bonds is 4. The smallest absolute Gasteiger partial charge is 0.293 e. The van der Waals surface area contributed by atoms with Gasteiger partial charge in [0.25, 0.3) is 11.6 Å². The summed E-state index contributed by atoms with van der Waals surface area (Å²) in [5.41, 5.74) is 1.51. The number of nitro benzene ring substituents is 1. The Kier molecular flexibility index (Phi) is 4.46. The van der Waals surface area contributed by atoms with Gasteiger partial charge in [0, 0.05) is 23.7 Å². The third-order valence-electron chi connectivity index (χ3n) is 5.22. The first-order chi connectivity index (χ1) is 13.5. The van der Waals surface area contributed by atoms with Crippen molar-refractivity contribution in [1.29, 1.82) is 0 Å². The topological polar surface area (TPSA) is 106 Å². The Labute approximate surface area is 161 Å². The van der Waals surface area contributed by atoms with Crippen LogP contribution in [0.15, 0.2) is 47.0 Å². The molecule has 0 spiro atoms. The molecule has 1 aliphatic rings. The maximum absolute atomic E-state index is 11.7. The Morgan fingerprint density at radius 2 is 1.89 bits per heavy atom. The number of nitrogens with zero attached hydrogens (tertiary/aromatic N) is 4. The molecule has 2 atom stereocenters. The predicted octanol–water partition coefficient (Wildman–Crippen LogP) is 4.39. The summed E-state index contributed by atoms with van der Waals surface area (Å²) in [6.45, 7) is 4.16. The molecule has 2 heterocycles. The molecule has 28 heavy (non-hydrogen) atoms. The zero-order valence-electron chi connectivity index (χ0n) is 15.6. The van der Waals surface area contributed by atoms with E-state index in [4.69, 9.17) is 4.52 Å². The van der Waals surface area contributed by atoms with E-state index in [2.05, 4.69) is 28.9 Å². The molecule has 3 aromatic rings. The van der Waals surface area contributed by atoms with E-state index in [1.54, 1.807) is 30.3 Å². The number of aromatic nitrogens is 2. The van der Waals surface area contributed by atoms with E-state index in [1.165, 1.54) is 12.1 Å². The van der Waals surface area contributed by atoms with Gasteiger partial charge in [-0.1, -0.05) is 17.3 Å². The van der Waals surface area contributed by atoms with E-state index in [9.17, 15) is 15.2 Å². The zero-order valence-corrected chi connectivity index (χ0v) is 15.6. The van der Waals surface area contributed by atoms with E-state index in [1.807, 2.05) is 0 Å². The fourth-order valence-electron chi connectivity index (χ4n) is 3.80. The summed E-state index contributed by atoms with van der Waals surface area (Å²) in [6.07, 6.45) is 2.02. The normalized spacial score (nSPS) is 19.1. The van der Waals surface area contributed by atoms with Crippen molar-refractivity contribution in [2.45, 2.75) is 38.8 Å². The van der Waals surface area contributed by atoms with Crippen LogP contribution in [-0.4, -0.2) is 32.3 Å². The van der Waals surface area contributed by atoms with Crippen molar-refractivity contribution in [1.82, 2.24) is 10.1 Å². The van der Waals surface area contributed by atoms with Crippen molar-refractivity contribution >= 4 is 11.4 Å². The van der Waals surface area contributed by atoms with Crippen molar-refractivity contribution in [2.75, 3.05) is 4.90 Å². The third-order valence-corrected chi connectivity index (χ3v) is 5.22. The quantitative estimate of drug-likeness (QED) is 0.528. The Hall–Kier alpha value is -3.42. The number of benzene rings is 2. The van der Waals surface area contributed by atoms with Gasteiger partial charge in [-0.05, 0) is 51.0 Å². The van der Waals surface area contributed by atoms with Gasteiger partial charge in [0.1, 0.15) is 11.4 Å². The van der Waals surface area contributed by atoms with Gasteiger partial charge in [-0.15, -0.1) is 0 Å². The molecule has 1 saturated heterocycles. The van der Waals surface area contributed by atoms with E-state index in [0.29, 0.717) is 16.8 Å². The molecule has 8 nitrogen and oxygen atoms in total. The van der Waals surface area contributed by atoms with Crippen LogP contribution in [0.5, 0.6) is 5.75 Å². The molecule has 2 aromatic carbocycles. The minimum absolute atomic E-state index is 0.0143. The van der Waals surface area contributed by atoms with Gasteiger partial charge in [-0.2, -0.15) is 4.98 Å². The Morgan fingerprint density at radius 1 is 1.18 bits per heavy atom. The van der Waals surface area contributed by atoms with Crippen LogP contribution in [0.4, 0.5) is 11.4 Å². The van der Waals surface area contributed by atoms with Gasteiger partial charge in [0.2, 0.25) is 5.82 Å². The standard InChI is InChI=1S/C20H20N4O4/c1-12-7-8-13(2)23(12)16-10-9-14(11-17(16)24(26)27)20-21-19(22-28-20)15-5-3-4-6-18(15)25/h3-6,9-13,25H,7-8H2,1-2H3. The largest absolute Gasteiger partial charge is 0.507 e. The summed E-state index contributed by atoms with van der Waals surface area (Å²) in [5.74, 6) is 0.422. The second-order valence-electron chi connectivity index (χ2n) is 7.08. The van der Waals surface area contributed by atoms with Crippen LogP contribution in [0.1, 0.15) is 26.7 Å². The Morgan fingerprint density at radius 3 is 2.57 bits per heavy atom. The molecular formula is C20H20N4O4. The number of anilines is 1. The summed E-state index contributed by atoms with van der Waals surface area (Å²) in [4.78, 5) is 17.7. The van der Waals surface area contributed by atoms with Crippen LogP contribution in [-0.2, 0) is 0 Å². The van der Waals surface area contributed by atoms with Crippen LogP contribution >= 0.6 is 0 Å². The van der Waals surface area contributed by atoms with Gasteiger partial charge >= 0.3 is 0 Å².